The summed E-state index contributed by atoms with van der Waals surface area (Å²) >= 11 is 0. The van der Waals surface area contributed by atoms with Gasteiger partial charge in [-0.05, 0) is 11.1 Å². The zero-order valence-electron chi connectivity index (χ0n) is 6.62. The van der Waals surface area contributed by atoms with E-state index in [-0.39, 0.29) is 19.9 Å². The summed E-state index contributed by atoms with van der Waals surface area (Å²) in [7, 11) is 0. The zero-order valence-corrected chi connectivity index (χ0v) is 6.62. The summed E-state index contributed by atoms with van der Waals surface area (Å²) in [4.78, 5) is 5.13. The molecule has 0 aromatic heterocycles. The van der Waals surface area contributed by atoms with E-state index in [1.165, 1.54) is 0 Å². The molecule has 0 fully saturated rings. The minimum atomic E-state index is 0.0760. The molecular weight excluding hydrogens is 176 g/mol. The van der Waals surface area contributed by atoms with Gasteiger partial charge in [0, 0.05) is 9.82 Å². The number of hydrogen-bond acceptors (Lipinski definition) is 4. The first-order valence-corrected chi connectivity index (χ1v) is 3.38. The Balaban J connectivity index is 2.64. The minimum Gasteiger partial charge on any atom is -0.458 e. The lowest BCUT2D eigenvalue weighted by atomic mass is 10.4. The van der Waals surface area contributed by atoms with Gasteiger partial charge in [0.2, 0.25) is 6.79 Å². The molecule has 0 aromatic rings. The molecule has 0 atom stereocenters. The Labute approximate surface area is 73.0 Å². The lowest BCUT2D eigenvalue weighted by Gasteiger charge is -1.95. The van der Waals surface area contributed by atoms with Crippen molar-refractivity contribution in [3.8, 4) is 0 Å². The largest absolute Gasteiger partial charge is 0.458 e. The van der Waals surface area contributed by atoms with Crippen LogP contribution in [0.3, 0.4) is 0 Å². The fourth-order valence-corrected chi connectivity index (χ4v) is 0.792. The highest BCUT2D eigenvalue weighted by Crippen LogP contribution is 2.16. The van der Waals surface area contributed by atoms with Crippen LogP contribution in [0.25, 0.3) is 20.9 Å². The Bertz CT molecular complexity index is 281. The summed E-state index contributed by atoms with van der Waals surface area (Å²) < 4.78 is 9.95. The van der Waals surface area contributed by atoms with Gasteiger partial charge < -0.3 is 9.47 Å². The van der Waals surface area contributed by atoms with Crippen LogP contribution in [0, 0.1) is 0 Å². The van der Waals surface area contributed by atoms with Gasteiger partial charge in [0.15, 0.2) is 0 Å². The standard InChI is InChI=1S/C5H6N6O2/c6-10-8-1-4-5(2-9-11-7)13-3-12-4/h1-3H2. The number of rotatable bonds is 4. The van der Waals surface area contributed by atoms with Gasteiger partial charge in [0.1, 0.15) is 11.5 Å². The van der Waals surface area contributed by atoms with Gasteiger partial charge in [0.25, 0.3) is 0 Å². The van der Waals surface area contributed by atoms with Gasteiger partial charge in [-0.1, -0.05) is 10.2 Å². The molecule has 8 nitrogen and oxygen atoms in total. The van der Waals surface area contributed by atoms with Crippen molar-refractivity contribution in [3.05, 3.63) is 32.4 Å². The lowest BCUT2D eigenvalue weighted by molar-refractivity contribution is 0.0703. The van der Waals surface area contributed by atoms with E-state index in [4.69, 9.17) is 20.5 Å². The van der Waals surface area contributed by atoms with Crippen LogP contribution >= 0.6 is 0 Å². The lowest BCUT2D eigenvalue weighted by Crippen LogP contribution is -1.93. The van der Waals surface area contributed by atoms with Gasteiger partial charge >= 0.3 is 0 Å². The topological polar surface area (TPSA) is 116 Å². The highest BCUT2D eigenvalue weighted by molar-refractivity contribution is 5.08. The van der Waals surface area contributed by atoms with E-state index in [0.29, 0.717) is 11.5 Å². The van der Waals surface area contributed by atoms with Gasteiger partial charge in [-0.3, -0.25) is 0 Å². The fraction of sp³-hybridized carbons (Fsp3) is 0.600. The quantitative estimate of drug-likeness (QED) is 0.374. The van der Waals surface area contributed by atoms with Gasteiger partial charge in [-0.2, -0.15) is 0 Å². The fourth-order valence-electron chi connectivity index (χ4n) is 0.792. The molecule has 0 bridgehead atoms. The van der Waals surface area contributed by atoms with Crippen molar-refractivity contribution >= 4 is 0 Å². The van der Waals surface area contributed by atoms with E-state index in [0.717, 1.165) is 0 Å². The molecule has 0 saturated heterocycles. The molecule has 68 valence electrons. The second kappa shape index (κ2) is 4.76. The van der Waals surface area contributed by atoms with Crippen LogP contribution in [0.5, 0.6) is 0 Å². The molecule has 0 saturated carbocycles. The second-order valence-corrected chi connectivity index (χ2v) is 2.03. The molecule has 13 heavy (non-hydrogen) atoms. The van der Waals surface area contributed by atoms with E-state index in [9.17, 15) is 0 Å². The number of ether oxygens (including phenoxy) is 2. The Morgan fingerprint density at radius 1 is 1.08 bits per heavy atom. The first-order chi connectivity index (χ1) is 6.38. The molecule has 0 aliphatic carbocycles. The van der Waals surface area contributed by atoms with Crippen LogP contribution in [0.2, 0.25) is 0 Å². The molecule has 0 aromatic carbocycles. The molecule has 1 rings (SSSR count). The smallest absolute Gasteiger partial charge is 0.230 e. The van der Waals surface area contributed by atoms with Crippen LogP contribution in [-0.2, 0) is 9.47 Å². The van der Waals surface area contributed by atoms with Crippen molar-refractivity contribution in [1.29, 1.82) is 0 Å². The third-order valence-electron chi connectivity index (χ3n) is 1.33. The number of nitrogens with zero attached hydrogens (tertiary/aromatic N) is 6. The van der Waals surface area contributed by atoms with Crippen LogP contribution in [0.1, 0.15) is 0 Å². The van der Waals surface area contributed by atoms with E-state index >= 15 is 0 Å². The van der Waals surface area contributed by atoms with Gasteiger partial charge in [-0.25, -0.2) is 0 Å². The third kappa shape index (κ3) is 2.48. The average molecular weight is 182 g/mol. The monoisotopic (exact) mass is 182 g/mol. The van der Waals surface area contributed by atoms with Crippen LogP contribution < -0.4 is 0 Å². The predicted molar refractivity (Wildman–Crippen MR) is 42.1 cm³/mol. The summed E-state index contributed by atoms with van der Waals surface area (Å²) in [5.41, 5.74) is 16.1. The van der Waals surface area contributed by atoms with Crippen molar-refractivity contribution in [3.63, 3.8) is 0 Å². The van der Waals surface area contributed by atoms with Crippen molar-refractivity contribution in [2.24, 2.45) is 10.2 Å². The molecule has 0 amide bonds. The highest BCUT2D eigenvalue weighted by atomic mass is 16.7. The van der Waals surface area contributed by atoms with Crippen LogP contribution in [0.4, 0.5) is 0 Å². The first kappa shape index (κ1) is 9.05. The normalized spacial score (nSPS) is 13.8. The SMILES string of the molecule is [N-]=[N+]=NCC1=C(CN=[N+]=[N-])OCO1. The number of azide groups is 2. The maximum absolute atomic E-state index is 8.05. The van der Waals surface area contributed by atoms with E-state index < -0.39 is 0 Å². The van der Waals surface area contributed by atoms with Crippen molar-refractivity contribution in [2.75, 3.05) is 19.9 Å². The molecule has 0 spiro atoms. The summed E-state index contributed by atoms with van der Waals surface area (Å²) in [6.07, 6.45) is 0. The van der Waals surface area contributed by atoms with Crippen molar-refractivity contribution in [2.45, 2.75) is 0 Å². The molecule has 1 aliphatic heterocycles. The molecule has 8 heteroatoms. The molecule has 1 heterocycles. The minimum absolute atomic E-state index is 0.0760. The van der Waals surface area contributed by atoms with Crippen molar-refractivity contribution < 1.29 is 9.47 Å². The van der Waals surface area contributed by atoms with E-state index in [1.807, 2.05) is 0 Å². The van der Waals surface area contributed by atoms with Crippen LogP contribution in [-0.4, -0.2) is 19.9 Å². The first-order valence-electron chi connectivity index (χ1n) is 3.38. The summed E-state index contributed by atoms with van der Waals surface area (Å²) in [5.74, 6) is 0.843. The zero-order chi connectivity index (χ0) is 9.52. The van der Waals surface area contributed by atoms with E-state index in [1.54, 1.807) is 0 Å². The van der Waals surface area contributed by atoms with Crippen LogP contribution in [0.15, 0.2) is 21.7 Å². The Morgan fingerprint density at radius 2 is 1.54 bits per heavy atom. The second-order valence-electron chi connectivity index (χ2n) is 2.03. The molecule has 0 unspecified atom stereocenters. The average Bonchev–Trinajstić information content (AvgIpc) is 2.59. The molecule has 0 radical (unpaired) electrons. The predicted octanol–water partition coefficient (Wildman–Crippen LogP) is 1.82. The Morgan fingerprint density at radius 3 is 1.92 bits per heavy atom. The molecule has 1 aliphatic rings. The molecule has 0 N–H and O–H groups in total. The Hall–Kier alpha value is -2.04. The highest BCUT2D eigenvalue weighted by Gasteiger charge is 2.15. The van der Waals surface area contributed by atoms with Gasteiger partial charge in [-0.15, -0.1) is 0 Å². The number of hydrogen-bond donors (Lipinski definition) is 0. The molecular formula is C5H6N6O2. The maximum atomic E-state index is 8.05. The summed E-state index contributed by atoms with van der Waals surface area (Å²) in [5, 5.41) is 6.59. The Kier molecular flexibility index (Phi) is 3.31. The summed E-state index contributed by atoms with van der Waals surface area (Å²) in [6, 6.07) is 0. The van der Waals surface area contributed by atoms with Gasteiger partial charge in [0.05, 0.1) is 13.1 Å². The third-order valence-corrected chi connectivity index (χ3v) is 1.33. The summed E-state index contributed by atoms with van der Waals surface area (Å²) in [6.45, 7) is 0.228. The van der Waals surface area contributed by atoms with Crippen molar-refractivity contribution in [1.82, 2.24) is 0 Å². The van der Waals surface area contributed by atoms with E-state index in [2.05, 4.69) is 20.1 Å². The maximum Gasteiger partial charge on any atom is 0.230 e.